The van der Waals surface area contributed by atoms with Gasteiger partial charge in [0.2, 0.25) is 11.8 Å². The molecule has 48 heavy (non-hydrogen) atoms. The topological polar surface area (TPSA) is 152 Å². The molecule has 1 aromatic rings. The van der Waals surface area contributed by atoms with Crippen molar-refractivity contribution in [2.24, 2.45) is 40.4 Å². The normalized spacial score (nSPS) is 47.2. The molecule has 1 spiro atoms. The van der Waals surface area contributed by atoms with Crippen molar-refractivity contribution in [3.63, 3.8) is 0 Å². The zero-order valence-corrected chi connectivity index (χ0v) is 28.2. The second-order valence-electron chi connectivity index (χ2n) is 15.5. The first kappa shape index (κ1) is 32.5. The first-order valence-electron chi connectivity index (χ1n) is 17.3. The predicted molar refractivity (Wildman–Crippen MR) is 169 cm³/mol. The van der Waals surface area contributed by atoms with Gasteiger partial charge in [-0.2, -0.15) is 0 Å². The Balaban J connectivity index is 1.23. The Hall–Kier alpha value is -2.74. The van der Waals surface area contributed by atoms with Crippen LogP contribution in [0.1, 0.15) is 56.3 Å². The highest BCUT2D eigenvalue weighted by molar-refractivity contribution is 6.22. The van der Waals surface area contributed by atoms with Crippen molar-refractivity contribution in [3.05, 3.63) is 29.8 Å². The number of carbonyl (C=O) groups is 4. The van der Waals surface area contributed by atoms with Crippen molar-refractivity contribution in [2.75, 3.05) is 45.9 Å². The summed E-state index contributed by atoms with van der Waals surface area (Å²) in [5, 5.41) is 26.1. The molecule has 12 heteroatoms. The molecule has 2 amide bonds. The molecule has 7 bridgehead atoms. The molecule has 7 aliphatic rings. The maximum atomic E-state index is 14.1. The number of likely N-dealkylation sites (N-methyl/N-ethyl adjacent to an activating group) is 1. The molecule has 8 rings (SSSR count). The third-order valence-corrected chi connectivity index (χ3v) is 14.0. The minimum Gasteiger partial charge on any atom is -0.461 e. The number of Topliss-reactive ketones (excluding diaryl/α,β-unsaturated/α-hetero) is 1. The van der Waals surface area contributed by atoms with Crippen LogP contribution in [-0.4, -0.2) is 115 Å². The van der Waals surface area contributed by atoms with Crippen LogP contribution in [0.2, 0.25) is 0 Å². The van der Waals surface area contributed by atoms with Gasteiger partial charge in [0.25, 0.3) is 0 Å². The van der Waals surface area contributed by atoms with E-state index in [0.29, 0.717) is 32.4 Å². The van der Waals surface area contributed by atoms with Crippen molar-refractivity contribution >= 4 is 29.3 Å². The summed E-state index contributed by atoms with van der Waals surface area (Å²) in [7, 11) is 4.78. The number of ether oxygens (including phenoxy) is 4. The number of esters is 1. The molecule has 12 nitrogen and oxygen atoms in total. The first-order chi connectivity index (χ1) is 22.9. The Labute approximate surface area is 280 Å². The number of rotatable bonds is 8. The number of hydrogen-bond donors (Lipinski definition) is 2. The number of ketones is 1. The van der Waals surface area contributed by atoms with E-state index in [2.05, 4.69) is 4.90 Å². The number of piperidine rings is 1. The number of hydrogen-bond acceptors (Lipinski definition) is 11. The summed E-state index contributed by atoms with van der Waals surface area (Å²) in [6, 6.07) is 5.93. The van der Waals surface area contributed by atoms with E-state index in [4.69, 9.17) is 18.9 Å². The van der Waals surface area contributed by atoms with E-state index in [1.165, 1.54) is 0 Å². The molecule has 2 saturated heterocycles. The minimum atomic E-state index is -1.84. The zero-order chi connectivity index (χ0) is 34.1. The molecule has 2 unspecified atom stereocenters. The van der Waals surface area contributed by atoms with E-state index in [-0.39, 0.29) is 66.2 Å². The molecule has 0 radical (unpaired) electrons. The van der Waals surface area contributed by atoms with Gasteiger partial charge in [-0.1, -0.05) is 26.0 Å². The van der Waals surface area contributed by atoms with Crippen LogP contribution < -0.4 is 4.90 Å². The van der Waals surface area contributed by atoms with Crippen LogP contribution in [-0.2, 0) is 33.3 Å². The number of carbonyl (C=O) groups excluding carboxylic acids is 4. The summed E-state index contributed by atoms with van der Waals surface area (Å²) in [6.45, 7) is 4.72. The van der Waals surface area contributed by atoms with Crippen LogP contribution in [0.25, 0.3) is 0 Å². The fraction of sp³-hybridized carbons (Fsp3) is 0.722. The Bertz CT molecular complexity index is 1580. The van der Waals surface area contributed by atoms with Gasteiger partial charge in [-0.15, -0.1) is 0 Å². The molecule has 260 valence electrons. The Morgan fingerprint density at radius 1 is 1.06 bits per heavy atom. The third-order valence-electron chi connectivity index (χ3n) is 14.0. The molecule has 13 atom stereocenters. The van der Waals surface area contributed by atoms with E-state index in [0.717, 1.165) is 4.90 Å². The van der Waals surface area contributed by atoms with Gasteiger partial charge in [0.05, 0.1) is 48.1 Å². The number of para-hydroxylation sites is 1. The van der Waals surface area contributed by atoms with Gasteiger partial charge in [-0.05, 0) is 43.9 Å². The number of benzene rings is 1. The lowest BCUT2D eigenvalue weighted by atomic mass is 9.42. The summed E-state index contributed by atoms with van der Waals surface area (Å²) in [5.41, 5.74) is -4.80. The van der Waals surface area contributed by atoms with Crippen molar-refractivity contribution < 1.29 is 48.3 Å². The van der Waals surface area contributed by atoms with Gasteiger partial charge in [-0.25, -0.2) is 9.69 Å². The molecule has 0 aromatic heterocycles. The molecule has 5 saturated carbocycles. The van der Waals surface area contributed by atoms with Crippen LogP contribution >= 0.6 is 0 Å². The Morgan fingerprint density at radius 2 is 1.81 bits per heavy atom. The fourth-order valence-corrected chi connectivity index (χ4v) is 12.6. The van der Waals surface area contributed by atoms with Gasteiger partial charge in [-0.3, -0.25) is 19.3 Å². The highest BCUT2D eigenvalue weighted by atomic mass is 16.5. The van der Waals surface area contributed by atoms with E-state index in [1.54, 1.807) is 52.5 Å². The second-order valence-corrected chi connectivity index (χ2v) is 15.5. The van der Waals surface area contributed by atoms with Gasteiger partial charge in [0.1, 0.15) is 17.0 Å². The maximum absolute atomic E-state index is 14.1. The number of amides is 2. The number of likely N-dealkylation sites (tertiary alicyclic amines) is 1. The number of methoxy groups -OCH3 is 3. The minimum absolute atomic E-state index is 0.0195. The predicted octanol–water partition coefficient (Wildman–Crippen LogP) is 1.59. The molecule has 2 aliphatic heterocycles. The van der Waals surface area contributed by atoms with Crippen molar-refractivity contribution in [1.29, 1.82) is 0 Å². The summed E-state index contributed by atoms with van der Waals surface area (Å²) < 4.78 is 24.7. The smallest absolute Gasteiger partial charge is 0.340 e. The van der Waals surface area contributed by atoms with Crippen molar-refractivity contribution in [2.45, 2.75) is 81.5 Å². The SMILES string of the molecule is CCN1C[C@]2(COC(=O)c3ccccc3N3C(=O)CC(C)C3=O)CC[C@H](OC)[C@]34C1[C@](O)([C@@H](OC)[C@H]23)[C@@]1(O)C[C@H](OC)[C@H]2C[C@@H]4[C@@H]1C2=O. The lowest BCUT2D eigenvalue weighted by Gasteiger charge is -2.69. The fourth-order valence-electron chi connectivity index (χ4n) is 12.6. The average molecular weight is 667 g/mol. The largest absolute Gasteiger partial charge is 0.461 e. The second kappa shape index (κ2) is 10.6. The zero-order valence-electron chi connectivity index (χ0n) is 28.2. The Kier molecular flexibility index (Phi) is 7.19. The van der Waals surface area contributed by atoms with E-state index < -0.39 is 64.0 Å². The number of aliphatic hydroxyl groups is 2. The van der Waals surface area contributed by atoms with Crippen LogP contribution in [0.15, 0.2) is 24.3 Å². The van der Waals surface area contributed by atoms with E-state index >= 15 is 0 Å². The number of anilines is 1. The van der Waals surface area contributed by atoms with Gasteiger partial charge in [0, 0.05) is 69.3 Å². The number of nitrogens with zero attached hydrogens (tertiary/aromatic N) is 2. The standard InChI is InChI=1S/C36H46N2O10/c1-6-37-16-33(17-48-31(42)19-9-7-8-10-22(19)38-25(39)13-18(2)30(38)41)12-11-24(46-4)35-21-14-20-23(45-3)15-34(43,26(21)27(20)40)36(44,32(35)37)29(47-5)28(33)35/h7-10,18,20-21,23-24,26,28-29,32,43-44H,6,11-17H2,1-5H3/t18?,20-,21-,23+,24+,26-,28-,29+,32?,33+,34-,35+,36-/m1/s1. The van der Waals surface area contributed by atoms with Crippen molar-refractivity contribution in [3.8, 4) is 0 Å². The summed E-state index contributed by atoms with van der Waals surface area (Å²) in [6.07, 6.45) is 0.178. The van der Waals surface area contributed by atoms with Crippen LogP contribution in [0.5, 0.6) is 0 Å². The van der Waals surface area contributed by atoms with Crippen LogP contribution in [0.4, 0.5) is 5.69 Å². The molecule has 1 aromatic carbocycles. The highest BCUT2D eigenvalue weighted by Crippen LogP contribution is 2.80. The summed E-state index contributed by atoms with van der Waals surface area (Å²) >= 11 is 0. The summed E-state index contributed by atoms with van der Waals surface area (Å²) in [5.74, 6) is -3.81. The average Bonchev–Trinajstić information content (AvgIpc) is 3.56. The lowest BCUT2D eigenvalue weighted by Crippen LogP contribution is -2.81. The molecule has 7 fully saturated rings. The first-order valence-corrected chi connectivity index (χ1v) is 17.3. The lowest BCUT2D eigenvalue weighted by molar-refractivity contribution is -0.300. The molecular weight excluding hydrogens is 620 g/mol. The van der Waals surface area contributed by atoms with E-state index in [1.807, 2.05) is 6.92 Å². The molecule has 2 heterocycles. The Morgan fingerprint density at radius 3 is 2.46 bits per heavy atom. The quantitative estimate of drug-likeness (QED) is 0.307. The molecular formula is C36H46N2O10. The van der Waals surface area contributed by atoms with Crippen LogP contribution in [0.3, 0.4) is 0 Å². The van der Waals surface area contributed by atoms with Gasteiger partial charge < -0.3 is 29.2 Å². The maximum Gasteiger partial charge on any atom is 0.340 e. The molecule has 5 aliphatic carbocycles. The van der Waals surface area contributed by atoms with Crippen LogP contribution in [0, 0.1) is 40.4 Å². The number of fused-ring (bicyclic) bond motifs is 2. The summed E-state index contributed by atoms with van der Waals surface area (Å²) in [4.78, 5) is 57.2. The van der Waals surface area contributed by atoms with Gasteiger partial charge in [0.15, 0.2) is 0 Å². The monoisotopic (exact) mass is 666 g/mol. The number of imide groups is 1. The molecule has 2 N–H and O–H groups in total. The van der Waals surface area contributed by atoms with Gasteiger partial charge >= 0.3 is 5.97 Å². The van der Waals surface area contributed by atoms with Crippen molar-refractivity contribution in [1.82, 2.24) is 4.90 Å². The third kappa shape index (κ3) is 3.56. The highest BCUT2D eigenvalue weighted by Gasteiger charge is 2.91. The van der Waals surface area contributed by atoms with E-state index in [9.17, 15) is 29.4 Å².